The second-order valence-electron chi connectivity index (χ2n) is 8.72. The number of fused-ring (bicyclic) bond motifs is 1. The Morgan fingerprint density at radius 3 is 2.50 bits per heavy atom. The Morgan fingerprint density at radius 1 is 1.25 bits per heavy atom. The van der Waals surface area contributed by atoms with Crippen LogP contribution < -0.4 is 5.32 Å². The Bertz CT molecular complexity index is 824. The van der Waals surface area contributed by atoms with Crippen molar-refractivity contribution >= 4 is 22.0 Å². The zero-order chi connectivity index (χ0) is 21.1. The van der Waals surface area contributed by atoms with Gasteiger partial charge in [0.1, 0.15) is 24.4 Å². The predicted octanol–water partition coefficient (Wildman–Crippen LogP) is 1.16. The molecule has 0 aromatic carbocycles. The van der Waals surface area contributed by atoms with E-state index in [0.29, 0.717) is 12.0 Å². The van der Waals surface area contributed by atoms with Crippen molar-refractivity contribution in [2.24, 2.45) is 17.3 Å². The highest BCUT2D eigenvalue weighted by Gasteiger charge is 2.83. The van der Waals surface area contributed by atoms with Gasteiger partial charge >= 0.3 is 5.97 Å². The van der Waals surface area contributed by atoms with Gasteiger partial charge in [0.05, 0.1) is 11.9 Å². The van der Waals surface area contributed by atoms with Crippen molar-refractivity contribution in [2.45, 2.75) is 57.5 Å². The van der Waals surface area contributed by atoms with Crippen LogP contribution in [0.15, 0.2) is 12.2 Å². The van der Waals surface area contributed by atoms with Gasteiger partial charge in [-0.1, -0.05) is 20.4 Å². The number of hydrogen-bond donors (Lipinski definition) is 1. The highest BCUT2D eigenvalue weighted by Crippen LogP contribution is 2.74. The summed E-state index contributed by atoms with van der Waals surface area (Å²) in [7, 11) is -3.61. The summed E-state index contributed by atoms with van der Waals surface area (Å²) < 4.78 is 41.8. The summed E-state index contributed by atoms with van der Waals surface area (Å²) in [4.78, 5) is 23.1. The average Bonchev–Trinajstić information content (AvgIpc) is 3.02. The third-order valence-corrected chi connectivity index (χ3v) is 9.20. The number of ether oxygens (including phenoxy) is 2. The van der Waals surface area contributed by atoms with Gasteiger partial charge < -0.3 is 14.8 Å². The van der Waals surface area contributed by atoms with Crippen LogP contribution in [0, 0.1) is 17.3 Å². The average molecular weight is 416 g/mol. The van der Waals surface area contributed by atoms with Gasteiger partial charge in [-0.2, -0.15) is 8.42 Å². The molecule has 6 unspecified atom stereocenters. The normalized spacial score (nSPS) is 42.4. The molecule has 0 spiro atoms. The molecule has 2 saturated carbocycles. The molecule has 28 heavy (non-hydrogen) atoms. The van der Waals surface area contributed by atoms with Gasteiger partial charge in [0.15, 0.2) is 0 Å². The monoisotopic (exact) mass is 415 g/mol. The zero-order valence-electron chi connectivity index (χ0n) is 17.0. The van der Waals surface area contributed by atoms with E-state index in [9.17, 15) is 18.0 Å². The largest absolute Gasteiger partial charge is 0.462 e. The molecule has 3 fully saturated rings. The van der Waals surface area contributed by atoms with Gasteiger partial charge in [0, 0.05) is 16.9 Å². The van der Waals surface area contributed by atoms with E-state index in [0.717, 1.165) is 0 Å². The number of rotatable bonds is 7. The minimum atomic E-state index is -3.61. The fourth-order valence-electron chi connectivity index (χ4n) is 5.58. The van der Waals surface area contributed by atoms with Crippen LogP contribution in [0.3, 0.4) is 0 Å². The third kappa shape index (κ3) is 2.74. The number of carbonyl (C=O) groups is 2. The second kappa shape index (κ2) is 6.53. The molecule has 2 bridgehead atoms. The molecule has 0 aromatic rings. The lowest BCUT2D eigenvalue weighted by Gasteiger charge is -2.49. The quantitative estimate of drug-likeness (QED) is 0.288. The first-order chi connectivity index (χ1) is 12.8. The van der Waals surface area contributed by atoms with Crippen molar-refractivity contribution in [3.05, 3.63) is 12.2 Å². The van der Waals surface area contributed by atoms with Crippen LogP contribution in [0.25, 0.3) is 0 Å². The van der Waals surface area contributed by atoms with Crippen molar-refractivity contribution in [1.29, 1.82) is 0 Å². The van der Waals surface area contributed by atoms with Crippen molar-refractivity contribution in [2.75, 3.05) is 19.8 Å². The van der Waals surface area contributed by atoms with Crippen LogP contribution in [0.4, 0.5) is 0 Å². The smallest absolute Gasteiger partial charge is 0.325 e. The lowest BCUT2D eigenvalue weighted by Crippen LogP contribution is -2.60. The van der Waals surface area contributed by atoms with Crippen molar-refractivity contribution < 1.29 is 31.7 Å². The topological polar surface area (TPSA) is 108 Å². The maximum Gasteiger partial charge on any atom is 0.325 e. The molecular formula is C19H29NO7S. The van der Waals surface area contributed by atoms with Gasteiger partial charge in [-0.05, 0) is 33.1 Å². The summed E-state index contributed by atoms with van der Waals surface area (Å²) in [5.74, 6) is -0.981. The minimum Gasteiger partial charge on any atom is -0.462 e. The minimum absolute atomic E-state index is 0.00124. The second-order valence-corrected chi connectivity index (χ2v) is 10.5. The lowest BCUT2D eigenvalue weighted by atomic mass is 9.66. The molecule has 8 nitrogen and oxygen atoms in total. The summed E-state index contributed by atoms with van der Waals surface area (Å²) in [6.07, 6.45) is 0.500. The molecule has 1 heterocycles. The number of esters is 1. The maximum absolute atomic E-state index is 12.5. The first-order valence-corrected chi connectivity index (χ1v) is 10.9. The van der Waals surface area contributed by atoms with Crippen LogP contribution in [0.1, 0.15) is 41.0 Å². The van der Waals surface area contributed by atoms with E-state index in [2.05, 4.69) is 25.7 Å². The van der Waals surface area contributed by atoms with E-state index < -0.39 is 38.4 Å². The summed E-state index contributed by atoms with van der Waals surface area (Å²) in [5.41, 5.74) is -1.83. The number of nitrogens with one attached hydrogen (secondary N) is 1. The molecule has 6 atom stereocenters. The van der Waals surface area contributed by atoms with Crippen LogP contribution in [0.5, 0.6) is 0 Å². The van der Waals surface area contributed by atoms with Gasteiger partial charge in [-0.25, -0.2) is 0 Å². The Labute approximate surface area is 166 Å². The molecule has 1 aliphatic heterocycles. The molecule has 1 N–H and O–H groups in total. The fourth-order valence-corrected chi connectivity index (χ4v) is 7.86. The summed E-state index contributed by atoms with van der Waals surface area (Å²) >= 11 is 0. The molecule has 1 amide bonds. The Hall–Kier alpha value is -1.45. The molecular weight excluding hydrogens is 386 g/mol. The molecule has 3 aliphatic rings. The zero-order valence-corrected chi connectivity index (χ0v) is 17.9. The van der Waals surface area contributed by atoms with Gasteiger partial charge in [0.2, 0.25) is 5.91 Å². The summed E-state index contributed by atoms with van der Waals surface area (Å²) in [6.45, 7) is 12.7. The number of carbonyl (C=O) groups excluding carboxylic acids is 2. The van der Waals surface area contributed by atoms with E-state index >= 15 is 0 Å². The standard InChI is InChI=1S/C19H29NO7S/c1-11(2)16(22)20-10-14(21)25-7-8-26-19(6)17(4)9-13-15(12(17)3)18(19,5)27-28(13,23)24/h12-13,15H,1,7-10H2,2-6H3,(H,20,22). The molecule has 0 radical (unpaired) electrons. The molecule has 158 valence electrons. The predicted molar refractivity (Wildman–Crippen MR) is 101 cm³/mol. The van der Waals surface area contributed by atoms with E-state index in [1.165, 1.54) is 0 Å². The Balaban J connectivity index is 1.60. The van der Waals surface area contributed by atoms with Gasteiger partial charge in [-0.3, -0.25) is 13.8 Å². The Morgan fingerprint density at radius 2 is 1.89 bits per heavy atom. The first-order valence-electron chi connectivity index (χ1n) is 9.48. The lowest BCUT2D eigenvalue weighted by molar-refractivity contribution is -0.198. The molecule has 3 rings (SSSR count). The highest BCUT2D eigenvalue weighted by atomic mass is 32.2. The SMILES string of the molecule is C=C(C)C(=O)NCC(=O)OCCOC1(C)C2(C)CC3C(C2C)C1(C)OS3(=O)=O. The number of hydrogen-bond acceptors (Lipinski definition) is 7. The molecule has 1 saturated heterocycles. The van der Waals surface area contributed by atoms with Crippen LogP contribution in [0.2, 0.25) is 0 Å². The van der Waals surface area contributed by atoms with Crippen LogP contribution in [-0.4, -0.2) is 56.5 Å². The molecule has 0 aromatic heterocycles. The van der Waals surface area contributed by atoms with E-state index in [1.54, 1.807) is 6.92 Å². The molecule has 2 aliphatic carbocycles. The van der Waals surface area contributed by atoms with Gasteiger partial charge in [-0.15, -0.1) is 0 Å². The molecule has 9 heteroatoms. The van der Waals surface area contributed by atoms with E-state index in [1.807, 2.05) is 13.8 Å². The summed E-state index contributed by atoms with van der Waals surface area (Å²) in [5, 5.41) is 1.92. The highest BCUT2D eigenvalue weighted by molar-refractivity contribution is 7.87. The Kier molecular flexibility index (Phi) is 4.96. The van der Waals surface area contributed by atoms with Crippen molar-refractivity contribution in [3.8, 4) is 0 Å². The maximum atomic E-state index is 12.5. The summed E-state index contributed by atoms with van der Waals surface area (Å²) in [6, 6.07) is 0. The first kappa shape index (κ1) is 21.3. The van der Waals surface area contributed by atoms with E-state index in [4.69, 9.17) is 13.7 Å². The van der Waals surface area contributed by atoms with Crippen LogP contribution in [-0.2, 0) is 33.4 Å². The van der Waals surface area contributed by atoms with Crippen LogP contribution >= 0.6 is 0 Å². The number of amides is 1. The van der Waals surface area contributed by atoms with Crippen molar-refractivity contribution in [1.82, 2.24) is 5.32 Å². The van der Waals surface area contributed by atoms with E-state index in [-0.39, 0.29) is 37.0 Å². The van der Waals surface area contributed by atoms with Crippen molar-refractivity contribution in [3.63, 3.8) is 0 Å². The third-order valence-electron chi connectivity index (χ3n) is 7.42. The van der Waals surface area contributed by atoms with Gasteiger partial charge in [0.25, 0.3) is 10.1 Å². The fraction of sp³-hybridized carbons (Fsp3) is 0.789.